The Morgan fingerprint density at radius 3 is 2.54 bits per heavy atom. The van der Waals surface area contributed by atoms with Gasteiger partial charge >= 0.3 is 0 Å². The smallest absolute Gasteiger partial charge is 0.183 e. The maximum absolute atomic E-state index is 10.7. The summed E-state index contributed by atoms with van der Waals surface area (Å²) in [6.07, 6.45) is 0. The van der Waals surface area contributed by atoms with E-state index in [9.17, 15) is 5.11 Å². The first-order valence-electron chi connectivity index (χ1n) is 8.26. The highest BCUT2D eigenvalue weighted by Crippen LogP contribution is 2.38. The zero-order chi connectivity index (χ0) is 18.1. The Morgan fingerprint density at radius 2 is 1.81 bits per heavy atom. The predicted molar refractivity (Wildman–Crippen MR) is 112 cm³/mol. The summed E-state index contributed by atoms with van der Waals surface area (Å²) >= 11 is 5.06. The van der Waals surface area contributed by atoms with Crippen LogP contribution in [-0.4, -0.2) is 10.1 Å². The minimum atomic E-state index is -0.209. The van der Waals surface area contributed by atoms with Crippen molar-refractivity contribution in [2.24, 2.45) is 0 Å². The monoisotopic (exact) mass is 424 g/mol. The Kier molecular flexibility index (Phi) is 4.66. The minimum Gasteiger partial charge on any atom is -0.508 e. The number of nitrogens with zero attached hydrogens (tertiary/aromatic N) is 1. The van der Waals surface area contributed by atoms with Gasteiger partial charge in [0.1, 0.15) is 5.75 Å². The number of aryl methyl sites for hydroxylation is 1. The number of hydrogen-bond acceptors (Lipinski definition) is 4. The van der Waals surface area contributed by atoms with Gasteiger partial charge in [0.25, 0.3) is 0 Å². The molecule has 1 aromatic heterocycles. The van der Waals surface area contributed by atoms with Crippen LogP contribution in [0.4, 0.5) is 5.13 Å². The highest BCUT2D eigenvalue weighted by atomic mass is 79.9. The lowest BCUT2D eigenvalue weighted by molar-refractivity contribution is 0.468. The molecule has 0 fully saturated rings. The Hall–Kier alpha value is -2.37. The highest BCUT2D eigenvalue weighted by Gasteiger charge is 2.21. The maximum atomic E-state index is 10.7. The topological polar surface area (TPSA) is 45.1 Å². The van der Waals surface area contributed by atoms with Crippen LogP contribution in [0.1, 0.15) is 22.9 Å². The number of halogens is 1. The van der Waals surface area contributed by atoms with Gasteiger partial charge < -0.3 is 10.4 Å². The third kappa shape index (κ3) is 3.32. The normalized spacial score (nSPS) is 12.2. The average molecular weight is 425 g/mol. The molecule has 4 aromatic rings. The average Bonchev–Trinajstić information content (AvgIpc) is 3.06. The lowest BCUT2D eigenvalue weighted by Gasteiger charge is -2.22. The molecular weight excluding hydrogens is 408 g/mol. The zero-order valence-electron chi connectivity index (χ0n) is 14.1. The van der Waals surface area contributed by atoms with Crippen molar-refractivity contribution in [3.63, 3.8) is 0 Å². The molecule has 3 aromatic carbocycles. The summed E-state index contributed by atoms with van der Waals surface area (Å²) in [7, 11) is 0. The molecule has 4 rings (SSSR count). The van der Waals surface area contributed by atoms with Crippen LogP contribution in [0.2, 0.25) is 0 Å². The van der Waals surface area contributed by atoms with Crippen molar-refractivity contribution in [1.29, 1.82) is 0 Å². The largest absolute Gasteiger partial charge is 0.508 e. The quantitative estimate of drug-likeness (QED) is 0.405. The molecule has 26 heavy (non-hydrogen) atoms. The van der Waals surface area contributed by atoms with E-state index in [4.69, 9.17) is 0 Å². The highest BCUT2D eigenvalue weighted by molar-refractivity contribution is 9.10. The lowest BCUT2D eigenvalue weighted by Crippen LogP contribution is -2.13. The second-order valence-electron chi connectivity index (χ2n) is 6.14. The molecule has 0 saturated carbocycles. The van der Waals surface area contributed by atoms with E-state index < -0.39 is 0 Å². The Balaban J connectivity index is 1.90. The van der Waals surface area contributed by atoms with E-state index in [1.807, 2.05) is 48.7 Å². The van der Waals surface area contributed by atoms with Crippen molar-refractivity contribution in [1.82, 2.24) is 4.98 Å². The maximum Gasteiger partial charge on any atom is 0.183 e. The SMILES string of the molecule is Cc1csc(NC(c2ccc(Br)cc2)c2c(O)ccc3ccccc23)n1. The van der Waals surface area contributed by atoms with Gasteiger partial charge in [-0.2, -0.15) is 0 Å². The predicted octanol–water partition coefficient (Wildman–Crippen LogP) is 6.27. The molecule has 130 valence electrons. The standard InChI is InChI=1S/C21H17BrN2OS/c1-13-12-26-21(23-13)24-20(15-6-9-16(22)10-7-15)19-17-5-3-2-4-14(17)8-11-18(19)25/h2-12,20,25H,1H3,(H,23,24). The van der Waals surface area contributed by atoms with Crippen molar-refractivity contribution >= 4 is 43.2 Å². The molecule has 0 saturated heterocycles. The molecule has 0 bridgehead atoms. The lowest BCUT2D eigenvalue weighted by atomic mass is 9.93. The fourth-order valence-electron chi connectivity index (χ4n) is 3.11. The molecule has 0 aliphatic rings. The number of anilines is 1. The van der Waals surface area contributed by atoms with Gasteiger partial charge in [-0.15, -0.1) is 11.3 Å². The van der Waals surface area contributed by atoms with Crippen LogP contribution in [0.5, 0.6) is 5.75 Å². The van der Waals surface area contributed by atoms with Crippen molar-refractivity contribution in [3.8, 4) is 5.75 Å². The summed E-state index contributed by atoms with van der Waals surface area (Å²) < 4.78 is 1.02. The van der Waals surface area contributed by atoms with Crippen LogP contribution in [0.15, 0.2) is 70.5 Å². The van der Waals surface area contributed by atoms with E-state index in [2.05, 4.69) is 44.4 Å². The van der Waals surface area contributed by atoms with Gasteiger partial charge in [0.05, 0.1) is 11.7 Å². The Bertz CT molecular complexity index is 1060. The van der Waals surface area contributed by atoms with Crippen LogP contribution in [0, 0.1) is 6.92 Å². The molecule has 0 radical (unpaired) electrons. The van der Waals surface area contributed by atoms with E-state index in [-0.39, 0.29) is 11.8 Å². The van der Waals surface area contributed by atoms with Gasteiger partial charge in [-0.05, 0) is 41.5 Å². The van der Waals surface area contributed by atoms with Gasteiger partial charge in [-0.3, -0.25) is 0 Å². The number of phenolic OH excluding ortho intramolecular Hbond substituents is 1. The van der Waals surface area contributed by atoms with Gasteiger partial charge in [-0.25, -0.2) is 4.98 Å². The number of benzene rings is 3. The Morgan fingerprint density at radius 1 is 1.04 bits per heavy atom. The first-order valence-corrected chi connectivity index (χ1v) is 9.94. The number of nitrogens with one attached hydrogen (secondary N) is 1. The van der Waals surface area contributed by atoms with Crippen molar-refractivity contribution in [2.75, 3.05) is 5.32 Å². The Labute approximate surface area is 164 Å². The van der Waals surface area contributed by atoms with E-state index >= 15 is 0 Å². The molecule has 1 heterocycles. The molecular formula is C21H17BrN2OS. The fourth-order valence-corrected chi connectivity index (χ4v) is 4.09. The number of hydrogen-bond donors (Lipinski definition) is 2. The number of rotatable bonds is 4. The molecule has 1 atom stereocenters. The zero-order valence-corrected chi connectivity index (χ0v) is 16.5. The van der Waals surface area contributed by atoms with Gasteiger partial charge in [-0.1, -0.05) is 58.4 Å². The van der Waals surface area contributed by atoms with Crippen LogP contribution in [0.25, 0.3) is 10.8 Å². The number of aromatic nitrogens is 1. The summed E-state index contributed by atoms with van der Waals surface area (Å²) in [5.41, 5.74) is 2.90. The molecule has 5 heteroatoms. The van der Waals surface area contributed by atoms with Crippen molar-refractivity contribution in [3.05, 3.63) is 87.3 Å². The van der Waals surface area contributed by atoms with Crippen LogP contribution in [-0.2, 0) is 0 Å². The molecule has 2 N–H and O–H groups in total. The number of thiazole rings is 1. The second-order valence-corrected chi connectivity index (χ2v) is 7.92. The van der Waals surface area contributed by atoms with Crippen LogP contribution >= 0.6 is 27.3 Å². The van der Waals surface area contributed by atoms with E-state index in [0.717, 1.165) is 37.2 Å². The van der Waals surface area contributed by atoms with Crippen LogP contribution < -0.4 is 5.32 Å². The summed E-state index contributed by atoms with van der Waals surface area (Å²) in [6, 6.07) is 19.8. The summed E-state index contributed by atoms with van der Waals surface area (Å²) in [6.45, 7) is 1.98. The van der Waals surface area contributed by atoms with E-state index in [0.29, 0.717) is 0 Å². The number of fused-ring (bicyclic) bond motifs is 1. The third-order valence-corrected chi connectivity index (χ3v) is 5.75. The van der Waals surface area contributed by atoms with Gasteiger partial charge in [0.2, 0.25) is 0 Å². The minimum absolute atomic E-state index is 0.209. The number of phenols is 1. The fraction of sp³-hybridized carbons (Fsp3) is 0.0952. The van der Waals surface area contributed by atoms with Crippen molar-refractivity contribution < 1.29 is 5.11 Å². The summed E-state index contributed by atoms with van der Waals surface area (Å²) in [5.74, 6) is 0.275. The summed E-state index contributed by atoms with van der Waals surface area (Å²) in [4.78, 5) is 4.55. The molecule has 3 nitrogen and oxygen atoms in total. The third-order valence-electron chi connectivity index (χ3n) is 4.33. The van der Waals surface area contributed by atoms with Crippen LogP contribution in [0.3, 0.4) is 0 Å². The van der Waals surface area contributed by atoms with Gasteiger partial charge in [0, 0.05) is 15.4 Å². The van der Waals surface area contributed by atoms with Gasteiger partial charge in [0.15, 0.2) is 5.13 Å². The van der Waals surface area contributed by atoms with E-state index in [1.165, 1.54) is 0 Å². The van der Waals surface area contributed by atoms with E-state index in [1.54, 1.807) is 17.4 Å². The molecule has 0 aliphatic carbocycles. The summed E-state index contributed by atoms with van der Waals surface area (Å²) in [5, 5.41) is 19.2. The molecule has 0 amide bonds. The first-order chi connectivity index (χ1) is 12.6. The molecule has 0 aliphatic heterocycles. The number of aromatic hydroxyl groups is 1. The first kappa shape index (κ1) is 17.1. The van der Waals surface area contributed by atoms with Crippen molar-refractivity contribution in [2.45, 2.75) is 13.0 Å². The molecule has 1 unspecified atom stereocenters. The second kappa shape index (κ2) is 7.09. The molecule has 0 spiro atoms.